The quantitative estimate of drug-likeness (QED) is 0.685. The molecule has 0 radical (unpaired) electrons. The van der Waals surface area contributed by atoms with Gasteiger partial charge in [-0.25, -0.2) is 4.98 Å². The molecule has 5 atom stereocenters. The van der Waals surface area contributed by atoms with E-state index >= 15 is 0 Å². The smallest absolute Gasteiger partial charge is 0.361 e. The van der Waals surface area contributed by atoms with Crippen LogP contribution in [0.15, 0.2) is 29.2 Å². The molecule has 0 spiro atoms. The van der Waals surface area contributed by atoms with Crippen LogP contribution >= 0.6 is 0 Å². The van der Waals surface area contributed by atoms with Gasteiger partial charge in [0.1, 0.15) is 5.65 Å². The lowest BCUT2D eigenvalue weighted by atomic mass is 9.79. The third kappa shape index (κ3) is 2.11. The first-order valence-electron chi connectivity index (χ1n) is 9.06. The van der Waals surface area contributed by atoms with Crippen molar-refractivity contribution in [3.63, 3.8) is 0 Å². The van der Waals surface area contributed by atoms with Crippen molar-refractivity contribution in [1.82, 2.24) is 9.38 Å². The summed E-state index contributed by atoms with van der Waals surface area (Å²) in [7, 11) is 0. The van der Waals surface area contributed by atoms with Gasteiger partial charge < -0.3 is 5.32 Å². The van der Waals surface area contributed by atoms with E-state index in [0.717, 1.165) is 24.2 Å². The van der Waals surface area contributed by atoms with Crippen molar-refractivity contribution in [1.29, 1.82) is 0 Å². The maximum Gasteiger partial charge on any atom is 0.376 e. The Labute approximate surface area is 144 Å². The minimum Gasteiger partial charge on any atom is -0.361 e. The lowest BCUT2D eigenvalue weighted by Gasteiger charge is -2.32. The second-order valence-corrected chi connectivity index (χ2v) is 7.70. The zero-order valence-corrected chi connectivity index (χ0v) is 13.8. The van der Waals surface area contributed by atoms with Crippen molar-refractivity contribution in [2.45, 2.75) is 38.1 Å². The Morgan fingerprint density at radius 2 is 2.04 bits per heavy atom. The van der Waals surface area contributed by atoms with Gasteiger partial charge in [-0.05, 0) is 61.5 Å². The summed E-state index contributed by atoms with van der Waals surface area (Å²) in [4.78, 5) is 27.9. The molecule has 7 nitrogen and oxygen atoms in total. The molecule has 5 rings (SSSR count). The predicted octanol–water partition coefficient (Wildman–Crippen LogP) is 2.84. The molecule has 0 amide bonds. The van der Waals surface area contributed by atoms with Gasteiger partial charge in [0.25, 0.3) is 0 Å². The number of fused-ring (bicyclic) bond motifs is 6. The zero-order chi connectivity index (χ0) is 17.1. The second kappa shape index (κ2) is 5.28. The van der Waals surface area contributed by atoms with Gasteiger partial charge in [0.2, 0.25) is 5.82 Å². The molecule has 1 N–H and O–H groups in total. The lowest BCUT2D eigenvalue weighted by Crippen LogP contribution is -2.35. The molecule has 3 aliphatic carbocycles. The number of nitrogens with one attached hydrogen (secondary N) is 1. The molecule has 2 aromatic rings. The highest BCUT2D eigenvalue weighted by molar-refractivity contribution is 5.60. The van der Waals surface area contributed by atoms with Crippen LogP contribution in [0.2, 0.25) is 0 Å². The number of anilines is 1. The normalized spacial score (nSPS) is 32.9. The van der Waals surface area contributed by atoms with E-state index in [1.165, 1.54) is 36.3 Å². The summed E-state index contributed by atoms with van der Waals surface area (Å²) in [6.07, 6.45) is 7.70. The van der Waals surface area contributed by atoms with Crippen LogP contribution in [0.1, 0.15) is 32.1 Å². The van der Waals surface area contributed by atoms with E-state index in [2.05, 4.69) is 10.3 Å². The van der Waals surface area contributed by atoms with E-state index in [4.69, 9.17) is 0 Å². The number of pyridine rings is 1. The molecule has 0 saturated heterocycles. The van der Waals surface area contributed by atoms with Gasteiger partial charge in [-0.2, -0.15) is 0 Å². The maximum atomic E-state index is 12.5. The first-order chi connectivity index (χ1) is 12.1. The summed E-state index contributed by atoms with van der Waals surface area (Å²) in [5.74, 6) is 3.03. The standard InChI is InChI=1S/C18H20N4O3/c23-18-16(22(24)25)17(20-15-6-1-2-7-21(15)18)19-14-9-10-8-13(14)12-5-3-4-11(10)12/h1-2,6-7,10-14,19H,3-5,8-9H2/t10-,11+,12+,13+,14-/m1/s1. The van der Waals surface area contributed by atoms with Crippen molar-refractivity contribution in [2.24, 2.45) is 23.7 Å². The van der Waals surface area contributed by atoms with Crippen LogP contribution in [-0.2, 0) is 0 Å². The largest absolute Gasteiger partial charge is 0.376 e. The van der Waals surface area contributed by atoms with Crippen LogP contribution < -0.4 is 10.9 Å². The molecule has 3 aliphatic rings. The Balaban J connectivity index is 1.54. The summed E-state index contributed by atoms with van der Waals surface area (Å²) in [5, 5.41) is 14.8. The third-order valence-electron chi connectivity index (χ3n) is 6.64. The van der Waals surface area contributed by atoms with Crippen LogP contribution in [0.5, 0.6) is 0 Å². The molecule has 0 aromatic carbocycles. The highest BCUT2D eigenvalue weighted by atomic mass is 16.6. The summed E-state index contributed by atoms with van der Waals surface area (Å²) < 4.78 is 1.23. The molecule has 25 heavy (non-hydrogen) atoms. The first kappa shape index (κ1) is 14.9. The van der Waals surface area contributed by atoms with E-state index in [1.54, 1.807) is 18.2 Å². The molecule has 2 aromatic heterocycles. The molecule has 7 heteroatoms. The van der Waals surface area contributed by atoms with Crippen molar-refractivity contribution >= 4 is 17.2 Å². The van der Waals surface area contributed by atoms with Crippen molar-refractivity contribution in [3.8, 4) is 0 Å². The number of aromatic nitrogens is 2. The van der Waals surface area contributed by atoms with E-state index in [-0.39, 0.29) is 11.9 Å². The summed E-state index contributed by atoms with van der Waals surface area (Å²) in [6.45, 7) is 0. The lowest BCUT2D eigenvalue weighted by molar-refractivity contribution is -0.385. The summed E-state index contributed by atoms with van der Waals surface area (Å²) >= 11 is 0. The fraction of sp³-hybridized carbons (Fsp3) is 0.556. The zero-order valence-electron chi connectivity index (χ0n) is 13.8. The van der Waals surface area contributed by atoms with Gasteiger partial charge in [0.15, 0.2) is 0 Å². The van der Waals surface area contributed by atoms with Gasteiger partial charge in [0, 0.05) is 12.2 Å². The Kier molecular flexibility index (Phi) is 3.14. The topological polar surface area (TPSA) is 89.5 Å². The molecule has 3 fully saturated rings. The number of hydrogen-bond donors (Lipinski definition) is 1. The van der Waals surface area contributed by atoms with E-state index in [0.29, 0.717) is 11.6 Å². The van der Waals surface area contributed by atoms with Crippen molar-refractivity contribution in [3.05, 3.63) is 44.9 Å². The Morgan fingerprint density at radius 1 is 1.20 bits per heavy atom. The number of nitrogens with zero attached hydrogens (tertiary/aromatic N) is 3. The van der Waals surface area contributed by atoms with Crippen LogP contribution in [0, 0.1) is 33.8 Å². The molecule has 130 valence electrons. The van der Waals surface area contributed by atoms with Gasteiger partial charge in [-0.15, -0.1) is 0 Å². The molecule has 0 unspecified atom stereocenters. The number of nitro groups is 1. The van der Waals surface area contributed by atoms with Crippen LogP contribution in [0.4, 0.5) is 11.5 Å². The maximum absolute atomic E-state index is 12.5. The molecule has 3 saturated carbocycles. The van der Waals surface area contributed by atoms with Crippen LogP contribution in [-0.4, -0.2) is 20.3 Å². The predicted molar refractivity (Wildman–Crippen MR) is 92.6 cm³/mol. The highest BCUT2D eigenvalue weighted by Crippen LogP contribution is 2.59. The van der Waals surface area contributed by atoms with E-state index < -0.39 is 16.2 Å². The van der Waals surface area contributed by atoms with Gasteiger partial charge in [0.05, 0.1) is 4.92 Å². The van der Waals surface area contributed by atoms with E-state index in [1.807, 2.05) is 0 Å². The summed E-state index contributed by atoms with van der Waals surface area (Å²) in [6, 6.07) is 5.34. The number of rotatable bonds is 3. The molecular weight excluding hydrogens is 320 g/mol. The Bertz CT molecular complexity index is 924. The van der Waals surface area contributed by atoms with Crippen molar-refractivity contribution in [2.75, 3.05) is 5.32 Å². The Morgan fingerprint density at radius 3 is 2.88 bits per heavy atom. The second-order valence-electron chi connectivity index (χ2n) is 7.70. The Hall–Kier alpha value is -2.44. The number of hydrogen-bond acceptors (Lipinski definition) is 5. The average molecular weight is 340 g/mol. The SMILES string of the molecule is O=c1c([N+](=O)[O-])c(N[C@@H]2C[C@H]3C[C@H]2[C@H]2CCC[C@@H]32)nc2ccccn12. The third-order valence-corrected chi connectivity index (χ3v) is 6.64. The minimum atomic E-state index is -0.625. The van der Waals surface area contributed by atoms with E-state index in [9.17, 15) is 14.9 Å². The summed E-state index contributed by atoms with van der Waals surface area (Å²) in [5.41, 5.74) is -0.642. The van der Waals surface area contributed by atoms with Gasteiger partial charge in [-0.3, -0.25) is 19.3 Å². The minimum absolute atomic E-state index is 0.133. The molecule has 2 bridgehead atoms. The fourth-order valence-electron chi connectivity index (χ4n) is 5.75. The molecular formula is C18H20N4O3. The molecule has 0 aliphatic heterocycles. The first-order valence-corrected chi connectivity index (χ1v) is 9.06. The van der Waals surface area contributed by atoms with Gasteiger partial charge in [-0.1, -0.05) is 12.5 Å². The molecule has 2 heterocycles. The van der Waals surface area contributed by atoms with Crippen LogP contribution in [0.25, 0.3) is 5.65 Å². The highest BCUT2D eigenvalue weighted by Gasteiger charge is 2.54. The van der Waals surface area contributed by atoms with Gasteiger partial charge >= 0.3 is 11.2 Å². The van der Waals surface area contributed by atoms with Crippen molar-refractivity contribution < 1.29 is 4.92 Å². The monoisotopic (exact) mass is 340 g/mol. The fourth-order valence-corrected chi connectivity index (χ4v) is 5.75. The van der Waals surface area contributed by atoms with Crippen LogP contribution in [0.3, 0.4) is 0 Å². The average Bonchev–Trinajstić information content (AvgIpc) is 3.27.